The smallest absolute Gasteiger partial charge is 0.256 e. The Bertz CT molecular complexity index is 494. The summed E-state index contributed by atoms with van der Waals surface area (Å²) in [6.45, 7) is 0. The number of rotatable bonds is 3. The average molecular weight is 224 g/mol. The summed E-state index contributed by atoms with van der Waals surface area (Å²) < 4.78 is 4.87. The van der Waals surface area contributed by atoms with Crippen molar-refractivity contribution in [2.24, 2.45) is 0 Å². The van der Waals surface area contributed by atoms with E-state index in [-0.39, 0.29) is 11.4 Å². The number of H-pyrrole nitrogens is 1. The predicted octanol–water partition coefficient (Wildman–Crippen LogP) is 0.979. The summed E-state index contributed by atoms with van der Waals surface area (Å²) in [5.74, 6) is 0.576. The molecule has 78 valence electrons. The van der Waals surface area contributed by atoms with Gasteiger partial charge < -0.3 is 10.1 Å². The molecule has 7 heteroatoms. The Hall–Kier alpha value is -1.89. The lowest BCUT2D eigenvalue weighted by Gasteiger charge is -2.02. The van der Waals surface area contributed by atoms with E-state index in [2.05, 4.69) is 20.3 Å². The quantitative estimate of drug-likeness (QED) is 0.812. The first kappa shape index (κ1) is 9.66. The van der Waals surface area contributed by atoms with Gasteiger partial charge in [0, 0.05) is 11.6 Å². The minimum atomic E-state index is -0.277. The molecule has 2 N–H and O–H groups in total. The molecule has 0 radical (unpaired) electrons. The molecule has 0 aromatic carbocycles. The Kier molecular flexibility index (Phi) is 2.64. The summed E-state index contributed by atoms with van der Waals surface area (Å²) >= 11 is 1.41. The largest absolute Gasteiger partial charge is 0.481 e. The Balaban J connectivity index is 2.28. The second-order valence-corrected chi connectivity index (χ2v) is 3.49. The van der Waals surface area contributed by atoms with Crippen LogP contribution < -0.4 is 15.6 Å². The van der Waals surface area contributed by atoms with Gasteiger partial charge >= 0.3 is 0 Å². The third-order valence-electron chi connectivity index (χ3n) is 1.58. The summed E-state index contributed by atoms with van der Waals surface area (Å²) in [5, 5.41) is 5.34. The molecule has 0 saturated heterocycles. The average Bonchev–Trinajstić information content (AvgIpc) is 2.69. The van der Waals surface area contributed by atoms with Gasteiger partial charge in [-0.2, -0.15) is 4.98 Å². The number of aromatic nitrogens is 3. The fraction of sp³-hybridized carbons (Fsp3) is 0.125. The molecule has 2 aromatic rings. The molecular weight excluding hydrogens is 216 g/mol. The molecule has 0 bridgehead atoms. The second-order valence-electron chi connectivity index (χ2n) is 2.60. The minimum Gasteiger partial charge on any atom is -0.481 e. The van der Waals surface area contributed by atoms with Crippen molar-refractivity contribution in [3.63, 3.8) is 0 Å². The van der Waals surface area contributed by atoms with Crippen molar-refractivity contribution in [3.8, 4) is 5.88 Å². The van der Waals surface area contributed by atoms with Crippen LogP contribution in [0.1, 0.15) is 0 Å². The molecular formula is C8H8N4O2S. The number of thiazole rings is 1. The predicted molar refractivity (Wildman–Crippen MR) is 56.8 cm³/mol. The van der Waals surface area contributed by atoms with E-state index >= 15 is 0 Å². The maximum Gasteiger partial charge on any atom is 0.256 e. The molecule has 15 heavy (non-hydrogen) atoms. The lowest BCUT2D eigenvalue weighted by atomic mass is 10.6. The van der Waals surface area contributed by atoms with E-state index in [9.17, 15) is 4.79 Å². The summed E-state index contributed by atoms with van der Waals surface area (Å²) in [4.78, 5) is 21.7. The van der Waals surface area contributed by atoms with E-state index in [1.807, 2.05) is 5.38 Å². The normalized spacial score (nSPS) is 9.93. The Morgan fingerprint density at radius 1 is 1.60 bits per heavy atom. The van der Waals surface area contributed by atoms with E-state index in [0.717, 1.165) is 0 Å². The number of nitrogens with one attached hydrogen (secondary N) is 2. The topological polar surface area (TPSA) is 79.9 Å². The summed E-state index contributed by atoms with van der Waals surface area (Å²) in [7, 11) is 1.45. The van der Waals surface area contributed by atoms with Crippen LogP contribution >= 0.6 is 11.3 Å². The molecule has 0 aliphatic carbocycles. The summed E-state index contributed by atoms with van der Waals surface area (Å²) in [6, 6.07) is 1.27. The van der Waals surface area contributed by atoms with E-state index in [1.54, 1.807) is 6.20 Å². The van der Waals surface area contributed by atoms with Crippen molar-refractivity contribution in [2.45, 2.75) is 0 Å². The first-order chi connectivity index (χ1) is 7.28. The molecule has 0 atom stereocenters. The van der Waals surface area contributed by atoms with Crippen molar-refractivity contribution >= 4 is 22.4 Å². The zero-order chi connectivity index (χ0) is 10.7. The molecule has 0 aliphatic rings. The van der Waals surface area contributed by atoms with E-state index in [0.29, 0.717) is 11.1 Å². The highest BCUT2D eigenvalue weighted by Crippen LogP contribution is 2.15. The third kappa shape index (κ3) is 2.32. The van der Waals surface area contributed by atoms with Gasteiger partial charge in [0.1, 0.15) is 0 Å². The zero-order valence-electron chi connectivity index (χ0n) is 7.85. The van der Waals surface area contributed by atoms with Crippen LogP contribution in [0.4, 0.5) is 11.1 Å². The van der Waals surface area contributed by atoms with Gasteiger partial charge in [-0.3, -0.25) is 9.78 Å². The number of ether oxygens (including phenoxy) is 1. The first-order valence-electron chi connectivity index (χ1n) is 4.10. The van der Waals surface area contributed by atoms with Gasteiger partial charge in [-0.15, -0.1) is 11.3 Å². The van der Waals surface area contributed by atoms with Crippen molar-refractivity contribution < 1.29 is 4.74 Å². The van der Waals surface area contributed by atoms with Gasteiger partial charge in [-0.25, -0.2) is 4.98 Å². The van der Waals surface area contributed by atoms with Crippen LogP contribution in [-0.2, 0) is 0 Å². The highest BCUT2D eigenvalue weighted by atomic mass is 32.1. The van der Waals surface area contributed by atoms with E-state index in [4.69, 9.17) is 4.74 Å². The zero-order valence-corrected chi connectivity index (χ0v) is 8.67. The number of aromatic amines is 1. The van der Waals surface area contributed by atoms with Crippen molar-refractivity contribution in [2.75, 3.05) is 12.4 Å². The van der Waals surface area contributed by atoms with Gasteiger partial charge in [0.15, 0.2) is 5.13 Å². The van der Waals surface area contributed by atoms with Gasteiger partial charge in [0.2, 0.25) is 11.8 Å². The number of hydrogen-bond acceptors (Lipinski definition) is 6. The molecule has 0 saturated carbocycles. The lowest BCUT2D eigenvalue weighted by Crippen LogP contribution is -2.10. The number of hydrogen-bond donors (Lipinski definition) is 2. The number of nitrogens with zero attached hydrogens (tertiary/aromatic N) is 2. The van der Waals surface area contributed by atoms with Gasteiger partial charge in [-0.1, -0.05) is 0 Å². The molecule has 6 nitrogen and oxygen atoms in total. The minimum absolute atomic E-state index is 0.262. The molecule has 0 fully saturated rings. The highest BCUT2D eigenvalue weighted by molar-refractivity contribution is 7.13. The molecule has 0 amide bonds. The molecule has 0 spiro atoms. The highest BCUT2D eigenvalue weighted by Gasteiger charge is 2.02. The van der Waals surface area contributed by atoms with Crippen LogP contribution in [0.2, 0.25) is 0 Å². The molecule has 0 unspecified atom stereocenters. The van der Waals surface area contributed by atoms with Crippen molar-refractivity contribution in [3.05, 3.63) is 28.0 Å². The summed E-state index contributed by atoms with van der Waals surface area (Å²) in [5.41, 5.74) is -0.277. The lowest BCUT2D eigenvalue weighted by molar-refractivity contribution is 0.397. The monoisotopic (exact) mass is 224 g/mol. The number of anilines is 2. The van der Waals surface area contributed by atoms with Crippen LogP contribution in [0.15, 0.2) is 22.4 Å². The Labute approximate surface area is 89.0 Å². The van der Waals surface area contributed by atoms with Gasteiger partial charge in [0.25, 0.3) is 5.56 Å². The van der Waals surface area contributed by atoms with Crippen LogP contribution in [0.25, 0.3) is 0 Å². The van der Waals surface area contributed by atoms with Gasteiger partial charge in [-0.05, 0) is 0 Å². The molecule has 2 rings (SSSR count). The van der Waals surface area contributed by atoms with E-state index < -0.39 is 0 Å². The fourth-order valence-electron chi connectivity index (χ4n) is 0.986. The molecule has 2 heterocycles. The molecule has 2 aromatic heterocycles. The van der Waals surface area contributed by atoms with E-state index in [1.165, 1.54) is 24.5 Å². The standard InChI is InChI=1S/C8H8N4O2S/c1-14-6-4-5(13)10-7(11-6)12-8-9-2-3-15-8/h2-4H,1H3,(H2,9,10,11,12,13). The van der Waals surface area contributed by atoms with Gasteiger partial charge in [0.05, 0.1) is 13.2 Å². The van der Waals surface area contributed by atoms with Crippen molar-refractivity contribution in [1.82, 2.24) is 15.0 Å². The maximum absolute atomic E-state index is 11.2. The van der Waals surface area contributed by atoms with Crippen LogP contribution in [-0.4, -0.2) is 22.1 Å². The maximum atomic E-state index is 11.2. The Morgan fingerprint density at radius 2 is 2.47 bits per heavy atom. The summed E-state index contributed by atoms with van der Waals surface area (Å²) in [6.07, 6.45) is 1.66. The van der Waals surface area contributed by atoms with Crippen LogP contribution in [0, 0.1) is 0 Å². The van der Waals surface area contributed by atoms with Crippen molar-refractivity contribution in [1.29, 1.82) is 0 Å². The first-order valence-corrected chi connectivity index (χ1v) is 4.98. The molecule has 0 aliphatic heterocycles. The SMILES string of the molecule is COc1cc(=O)[nH]c(Nc2nccs2)n1. The second kappa shape index (κ2) is 4.09. The third-order valence-corrected chi connectivity index (χ3v) is 2.27. The number of methoxy groups -OCH3 is 1. The fourth-order valence-corrected chi connectivity index (χ4v) is 1.51. The van der Waals surface area contributed by atoms with Crippen LogP contribution in [0.5, 0.6) is 5.88 Å². The Morgan fingerprint density at radius 3 is 3.13 bits per heavy atom. The van der Waals surface area contributed by atoms with Crippen LogP contribution in [0.3, 0.4) is 0 Å².